The van der Waals surface area contributed by atoms with Gasteiger partial charge in [-0.05, 0) is 86.8 Å². The zero-order valence-corrected chi connectivity index (χ0v) is 28.8. The topological polar surface area (TPSA) is 145 Å². The van der Waals surface area contributed by atoms with Gasteiger partial charge in [-0.15, -0.1) is 0 Å². The molecule has 4 amide bonds. The fraction of sp³-hybridized carbons (Fsp3) is 0.300. The van der Waals surface area contributed by atoms with E-state index in [2.05, 4.69) is 55.6 Å². The van der Waals surface area contributed by atoms with E-state index in [1.807, 2.05) is 47.4 Å². The number of hydrogen-bond donors (Lipinski definition) is 3. The van der Waals surface area contributed by atoms with E-state index in [1.165, 1.54) is 12.1 Å². The Morgan fingerprint density at radius 1 is 1.00 bits per heavy atom. The smallest absolute Gasteiger partial charge is 0.256 e. The van der Waals surface area contributed by atoms with E-state index in [0.717, 1.165) is 52.5 Å². The van der Waals surface area contributed by atoms with Gasteiger partial charge in [-0.25, -0.2) is 4.98 Å². The van der Waals surface area contributed by atoms with Crippen LogP contribution < -0.4 is 10.6 Å². The predicted molar refractivity (Wildman–Crippen MR) is 195 cm³/mol. The lowest BCUT2D eigenvalue weighted by Gasteiger charge is -2.29. The Morgan fingerprint density at radius 3 is 2.67 bits per heavy atom. The van der Waals surface area contributed by atoms with Gasteiger partial charge in [0.05, 0.1) is 11.7 Å². The molecule has 3 aliphatic heterocycles. The van der Waals surface area contributed by atoms with Gasteiger partial charge in [0.15, 0.2) is 0 Å². The zero-order valence-electron chi connectivity index (χ0n) is 28.8. The van der Waals surface area contributed by atoms with Crippen molar-refractivity contribution in [1.82, 2.24) is 34.9 Å². The minimum absolute atomic E-state index is 0.191. The van der Waals surface area contributed by atoms with E-state index in [-0.39, 0.29) is 24.1 Å². The highest BCUT2D eigenvalue weighted by molar-refractivity contribution is 6.06. The third kappa shape index (κ3) is 6.70. The summed E-state index contributed by atoms with van der Waals surface area (Å²) >= 11 is 0. The van der Waals surface area contributed by atoms with Crippen molar-refractivity contribution in [2.45, 2.75) is 63.7 Å². The fourth-order valence-electron chi connectivity index (χ4n) is 7.38. The van der Waals surface area contributed by atoms with Crippen LogP contribution in [0.3, 0.4) is 0 Å². The number of aryl methyl sites for hydroxylation is 1. The predicted octanol–water partition coefficient (Wildman–Crippen LogP) is 5.04. The van der Waals surface area contributed by atoms with E-state index in [0.29, 0.717) is 48.9 Å². The van der Waals surface area contributed by atoms with Crippen molar-refractivity contribution < 1.29 is 19.2 Å². The van der Waals surface area contributed by atoms with Crippen LogP contribution in [0.25, 0.3) is 22.0 Å². The summed E-state index contributed by atoms with van der Waals surface area (Å²) < 4.78 is 1.89. The van der Waals surface area contributed by atoms with Gasteiger partial charge >= 0.3 is 0 Å². The molecule has 3 aromatic heterocycles. The number of carbonyl (C=O) groups excluding carboxylic acids is 4. The number of benzene rings is 2. The van der Waals surface area contributed by atoms with Gasteiger partial charge in [0.2, 0.25) is 11.8 Å². The number of carbonyl (C=O) groups is 4. The number of rotatable bonds is 8. The maximum atomic E-state index is 13.0. The molecule has 2 aromatic carbocycles. The Morgan fingerprint density at radius 2 is 1.87 bits per heavy atom. The third-order valence-corrected chi connectivity index (χ3v) is 10.2. The van der Waals surface area contributed by atoms with Crippen molar-refractivity contribution in [1.29, 1.82) is 0 Å². The van der Waals surface area contributed by atoms with Crippen molar-refractivity contribution in [3.63, 3.8) is 0 Å². The van der Waals surface area contributed by atoms with Crippen molar-refractivity contribution in [3.05, 3.63) is 101 Å². The Kier molecular flexibility index (Phi) is 8.86. The minimum atomic E-state index is -0.631. The maximum absolute atomic E-state index is 13.0. The standard InChI is InChI=1S/C40H38N8O4/c1-46-16-5-7-34(46)33-19-28-21-41-36(20-32(28)43-33)44-38(50)27-11-9-26(10-12-27)30-22-42-47(23-30)17-4-2-3-6-25-8-13-31-29(18-25)24-48(40(31)52)35-14-15-37(49)45-39(35)51/h8-13,18-23,34-35,43H,2,4-5,7,14-17,24H2,1H3,(H,41,44,50)(H,45,49,51)/t34-,35?/m1/s1. The number of imide groups is 1. The van der Waals surface area contributed by atoms with Gasteiger partial charge in [-0.1, -0.05) is 24.0 Å². The van der Waals surface area contributed by atoms with Gasteiger partial charge in [0.1, 0.15) is 11.9 Å². The Bertz CT molecular complexity index is 2280. The number of likely N-dealkylation sites (tertiary alicyclic amines) is 1. The SMILES string of the molecule is CN1CCC[C@@H]1c1cc2cnc(NC(=O)c3ccc(-c4cnn(CCCC#Cc5ccc6c(c5)CN(C5CCC(=O)NC5=O)C6=O)c4)cc3)cc2[nH]1. The van der Waals surface area contributed by atoms with E-state index in [1.54, 1.807) is 29.3 Å². The highest BCUT2D eigenvalue weighted by atomic mass is 16.2. The van der Waals surface area contributed by atoms with Crippen LogP contribution in [0.4, 0.5) is 5.82 Å². The largest absolute Gasteiger partial charge is 0.357 e. The molecule has 0 bridgehead atoms. The summed E-state index contributed by atoms with van der Waals surface area (Å²) in [4.78, 5) is 61.7. The number of H-pyrrole nitrogens is 1. The van der Waals surface area contributed by atoms with Crippen LogP contribution in [0, 0.1) is 11.8 Å². The minimum Gasteiger partial charge on any atom is -0.357 e. The number of pyridine rings is 1. The Labute approximate surface area is 300 Å². The fourth-order valence-corrected chi connectivity index (χ4v) is 7.38. The quantitative estimate of drug-likeness (QED) is 0.117. The van der Waals surface area contributed by atoms with Crippen LogP contribution in [-0.2, 0) is 22.7 Å². The molecule has 2 atom stereocenters. The van der Waals surface area contributed by atoms with Crippen molar-refractivity contribution >= 4 is 40.3 Å². The van der Waals surface area contributed by atoms with E-state index in [4.69, 9.17) is 0 Å². The second kappa shape index (κ2) is 13.9. The Balaban J connectivity index is 0.823. The third-order valence-electron chi connectivity index (χ3n) is 10.2. The summed E-state index contributed by atoms with van der Waals surface area (Å²) in [5.74, 6) is 5.78. The van der Waals surface area contributed by atoms with Crippen LogP contribution in [0.2, 0.25) is 0 Å². The first-order valence-electron chi connectivity index (χ1n) is 17.7. The molecule has 12 heteroatoms. The second-order valence-corrected chi connectivity index (χ2v) is 13.7. The molecule has 8 rings (SSSR count). The van der Waals surface area contributed by atoms with Gasteiger partial charge < -0.3 is 15.2 Å². The lowest BCUT2D eigenvalue weighted by Crippen LogP contribution is -2.52. The average molecular weight is 695 g/mol. The van der Waals surface area contributed by atoms with Crippen LogP contribution in [0.1, 0.15) is 82.1 Å². The Hall–Kier alpha value is -6.06. The molecule has 52 heavy (non-hydrogen) atoms. The molecular formula is C40H38N8O4. The lowest BCUT2D eigenvalue weighted by molar-refractivity contribution is -0.136. The number of amides is 4. The molecule has 12 nitrogen and oxygen atoms in total. The molecule has 3 aliphatic rings. The highest BCUT2D eigenvalue weighted by Gasteiger charge is 2.39. The number of unbranched alkanes of at least 4 members (excludes halogenated alkanes) is 1. The number of piperidine rings is 1. The van der Waals surface area contributed by atoms with Crippen LogP contribution in [-0.4, -0.2) is 72.8 Å². The number of fused-ring (bicyclic) bond motifs is 2. The highest BCUT2D eigenvalue weighted by Crippen LogP contribution is 2.32. The monoisotopic (exact) mass is 694 g/mol. The number of nitrogens with zero attached hydrogens (tertiary/aromatic N) is 5. The van der Waals surface area contributed by atoms with Crippen molar-refractivity contribution in [2.75, 3.05) is 18.9 Å². The van der Waals surface area contributed by atoms with E-state index >= 15 is 0 Å². The summed E-state index contributed by atoms with van der Waals surface area (Å²) in [5.41, 5.74) is 6.83. The van der Waals surface area contributed by atoms with Crippen molar-refractivity contribution in [3.8, 4) is 23.0 Å². The first-order valence-corrected chi connectivity index (χ1v) is 17.7. The molecule has 0 saturated carbocycles. The first kappa shape index (κ1) is 33.1. The van der Waals surface area contributed by atoms with Crippen molar-refractivity contribution in [2.24, 2.45) is 0 Å². The first-order chi connectivity index (χ1) is 25.3. The van der Waals surface area contributed by atoms with Gasteiger partial charge in [0.25, 0.3) is 11.8 Å². The summed E-state index contributed by atoms with van der Waals surface area (Å²) in [7, 11) is 2.15. The molecule has 2 fully saturated rings. The van der Waals surface area contributed by atoms with Gasteiger partial charge in [-0.3, -0.25) is 34.1 Å². The van der Waals surface area contributed by atoms with Crippen LogP contribution >= 0.6 is 0 Å². The van der Waals surface area contributed by atoms with Gasteiger partial charge in [-0.2, -0.15) is 5.10 Å². The summed E-state index contributed by atoms with van der Waals surface area (Å²) in [6.07, 6.45) is 9.97. The summed E-state index contributed by atoms with van der Waals surface area (Å²) in [5, 5.41) is 10.8. The van der Waals surface area contributed by atoms with E-state index < -0.39 is 11.9 Å². The molecule has 0 spiro atoms. The molecule has 2 saturated heterocycles. The number of aromatic nitrogens is 4. The van der Waals surface area contributed by atoms with Gasteiger partial charge in [0, 0.05) is 83.8 Å². The number of hydrogen-bond acceptors (Lipinski definition) is 7. The van der Waals surface area contributed by atoms with E-state index in [9.17, 15) is 19.2 Å². The summed E-state index contributed by atoms with van der Waals surface area (Å²) in [6.45, 7) is 2.13. The molecule has 262 valence electrons. The molecule has 5 aromatic rings. The average Bonchev–Trinajstić information content (AvgIpc) is 3.95. The molecule has 0 aliphatic carbocycles. The normalized spacial score (nSPS) is 18.7. The zero-order chi connectivity index (χ0) is 35.8. The summed E-state index contributed by atoms with van der Waals surface area (Å²) in [6, 6.07) is 16.7. The number of anilines is 1. The molecule has 3 N–H and O–H groups in total. The molecule has 0 radical (unpaired) electrons. The van der Waals surface area contributed by atoms with Crippen LogP contribution in [0.15, 0.2) is 73.2 Å². The lowest BCUT2D eigenvalue weighted by atomic mass is 10.0. The molecular weight excluding hydrogens is 656 g/mol. The van der Waals surface area contributed by atoms with Crippen LogP contribution in [0.5, 0.6) is 0 Å². The maximum Gasteiger partial charge on any atom is 0.256 e. The molecule has 6 heterocycles. The number of nitrogens with one attached hydrogen (secondary N) is 3. The molecule has 1 unspecified atom stereocenters. The number of aromatic amines is 1. The second-order valence-electron chi connectivity index (χ2n) is 13.7.